The Morgan fingerprint density at radius 1 is 0.625 bits per heavy atom. The quantitative estimate of drug-likeness (QED) is 0.349. The molecule has 0 saturated heterocycles. The summed E-state index contributed by atoms with van der Waals surface area (Å²) >= 11 is 0. The second kappa shape index (κ2) is 14.4. The number of carbonyl (C=O) groups excluding carboxylic acids is 2. The number of rotatable bonds is 0. The lowest BCUT2D eigenvalue weighted by atomic mass is 9.62. The molecule has 2 atom stereocenters. The van der Waals surface area contributed by atoms with Gasteiger partial charge in [0.2, 0.25) is 0 Å². The summed E-state index contributed by atoms with van der Waals surface area (Å²) in [4.78, 5) is 26.3. The molecule has 0 aromatic rings. The minimum absolute atomic E-state index is 0.0685. The van der Waals surface area contributed by atoms with E-state index in [4.69, 9.17) is 0 Å². The normalized spacial score (nSPS) is 32.0. The van der Waals surface area contributed by atoms with Crippen molar-refractivity contribution in [1.82, 2.24) is 0 Å². The van der Waals surface area contributed by atoms with Gasteiger partial charge >= 0.3 is 0 Å². The highest BCUT2D eigenvalue weighted by molar-refractivity contribution is 5.89. The molecule has 2 heteroatoms. The van der Waals surface area contributed by atoms with Crippen LogP contribution in [0.5, 0.6) is 0 Å². The fourth-order valence-electron chi connectivity index (χ4n) is 6.13. The average molecular weight is 445 g/mol. The minimum atomic E-state index is -0.326. The fourth-order valence-corrected chi connectivity index (χ4v) is 6.13. The van der Waals surface area contributed by atoms with Crippen LogP contribution in [0.2, 0.25) is 0 Å². The summed E-state index contributed by atoms with van der Waals surface area (Å²) < 4.78 is 0. The van der Waals surface area contributed by atoms with Crippen LogP contribution >= 0.6 is 0 Å². The summed E-state index contributed by atoms with van der Waals surface area (Å²) in [7, 11) is 0. The van der Waals surface area contributed by atoms with Gasteiger partial charge < -0.3 is 0 Å². The molecule has 1 fully saturated rings. The summed E-state index contributed by atoms with van der Waals surface area (Å²) in [5.74, 6) is 0.901. The molecule has 2 rings (SSSR count). The van der Waals surface area contributed by atoms with Crippen molar-refractivity contribution in [2.45, 2.75) is 149 Å². The Kier molecular flexibility index (Phi) is 12.3. The molecular formula is C30H52O2. The maximum atomic E-state index is 13.2. The van der Waals surface area contributed by atoms with Gasteiger partial charge in [-0.25, -0.2) is 0 Å². The van der Waals surface area contributed by atoms with E-state index >= 15 is 0 Å². The van der Waals surface area contributed by atoms with E-state index in [2.05, 4.69) is 32.9 Å². The SMILES string of the molecule is CC1(C)[C@@H]2CC[C@@]1(C)C(=O)CCCCCCCCC/C=C/CCCCCCCCCC2=O. The summed E-state index contributed by atoms with van der Waals surface area (Å²) in [6.45, 7) is 6.55. The third-order valence-corrected chi connectivity index (χ3v) is 8.97. The third-order valence-electron chi connectivity index (χ3n) is 8.97. The second-order valence-electron chi connectivity index (χ2n) is 11.5. The van der Waals surface area contributed by atoms with Gasteiger partial charge in [-0.1, -0.05) is 97.1 Å². The molecule has 2 aliphatic carbocycles. The predicted octanol–water partition coefficient (Wildman–Crippen LogP) is 9.16. The minimum Gasteiger partial charge on any atom is -0.299 e. The van der Waals surface area contributed by atoms with Gasteiger partial charge in [-0.05, 0) is 56.8 Å². The van der Waals surface area contributed by atoms with Crippen LogP contribution in [0.3, 0.4) is 0 Å². The smallest absolute Gasteiger partial charge is 0.139 e. The Morgan fingerprint density at radius 2 is 1.06 bits per heavy atom. The van der Waals surface area contributed by atoms with Crippen LogP contribution in [0.15, 0.2) is 12.2 Å². The van der Waals surface area contributed by atoms with Crippen molar-refractivity contribution in [3.8, 4) is 0 Å². The van der Waals surface area contributed by atoms with E-state index in [0.717, 1.165) is 25.7 Å². The first-order valence-electron chi connectivity index (χ1n) is 14.1. The molecule has 0 amide bonds. The Hall–Kier alpha value is -0.920. The molecule has 0 aromatic heterocycles. The van der Waals surface area contributed by atoms with Crippen molar-refractivity contribution in [2.24, 2.45) is 16.7 Å². The van der Waals surface area contributed by atoms with Crippen molar-refractivity contribution in [3.63, 3.8) is 0 Å². The van der Waals surface area contributed by atoms with Crippen LogP contribution in [0.4, 0.5) is 0 Å². The highest BCUT2D eigenvalue weighted by Crippen LogP contribution is 2.57. The molecule has 2 bridgehead atoms. The molecule has 184 valence electrons. The number of fused-ring (bicyclic) bond motifs is 2. The number of hydrogen-bond acceptors (Lipinski definition) is 2. The van der Waals surface area contributed by atoms with Gasteiger partial charge in [0.15, 0.2) is 0 Å². The number of Topliss-reactive ketones (excluding diaryl/α,β-unsaturated/α-hetero) is 2. The van der Waals surface area contributed by atoms with E-state index in [-0.39, 0.29) is 16.7 Å². The summed E-state index contributed by atoms with van der Waals surface area (Å²) in [5.41, 5.74) is -0.533. The molecule has 0 heterocycles. The van der Waals surface area contributed by atoms with E-state index in [1.165, 1.54) is 89.9 Å². The highest BCUT2D eigenvalue weighted by atomic mass is 16.1. The topological polar surface area (TPSA) is 34.1 Å². The van der Waals surface area contributed by atoms with Crippen LogP contribution in [-0.2, 0) is 9.59 Å². The second-order valence-corrected chi connectivity index (χ2v) is 11.5. The van der Waals surface area contributed by atoms with Gasteiger partial charge in [-0.3, -0.25) is 9.59 Å². The molecule has 2 aliphatic rings. The summed E-state index contributed by atoms with van der Waals surface area (Å²) in [5, 5.41) is 0. The third kappa shape index (κ3) is 8.14. The van der Waals surface area contributed by atoms with Gasteiger partial charge in [-0.2, -0.15) is 0 Å². The Morgan fingerprint density at radius 3 is 1.59 bits per heavy atom. The molecule has 2 nitrogen and oxygen atoms in total. The van der Waals surface area contributed by atoms with Crippen molar-refractivity contribution in [3.05, 3.63) is 12.2 Å². The zero-order valence-corrected chi connectivity index (χ0v) is 21.7. The van der Waals surface area contributed by atoms with E-state index < -0.39 is 0 Å². The van der Waals surface area contributed by atoms with Gasteiger partial charge in [0, 0.05) is 24.2 Å². The first-order chi connectivity index (χ1) is 15.4. The van der Waals surface area contributed by atoms with Crippen molar-refractivity contribution >= 4 is 11.6 Å². The van der Waals surface area contributed by atoms with E-state index in [1.807, 2.05) is 0 Å². The maximum absolute atomic E-state index is 13.2. The van der Waals surface area contributed by atoms with Gasteiger partial charge in [-0.15, -0.1) is 0 Å². The number of allylic oxidation sites excluding steroid dienone is 2. The molecular weight excluding hydrogens is 392 g/mol. The molecule has 1 saturated carbocycles. The summed E-state index contributed by atoms with van der Waals surface area (Å²) in [6.07, 6.45) is 28.0. The van der Waals surface area contributed by atoms with Crippen LogP contribution in [0.1, 0.15) is 149 Å². The monoisotopic (exact) mass is 444 g/mol. The Balaban J connectivity index is 1.87. The maximum Gasteiger partial charge on any atom is 0.139 e. The van der Waals surface area contributed by atoms with Gasteiger partial charge in [0.25, 0.3) is 0 Å². The molecule has 0 aliphatic heterocycles. The molecule has 0 N–H and O–H groups in total. The van der Waals surface area contributed by atoms with Crippen LogP contribution < -0.4 is 0 Å². The van der Waals surface area contributed by atoms with Crippen molar-refractivity contribution in [1.29, 1.82) is 0 Å². The highest BCUT2D eigenvalue weighted by Gasteiger charge is 2.56. The van der Waals surface area contributed by atoms with Gasteiger partial charge in [0.1, 0.15) is 11.6 Å². The summed E-state index contributed by atoms with van der Waals surface area (Å²) in [6, 6.07) is 0. The molecule has 32 heavy (non-hydrogen) atoms. The molecule has 0 spiro atoms. The van der Waals surface area contributed by atoms with E-state index in [9.17, 15) is 9.59 Å². The molecule has 0 radical (unpaired) electrons. The largest absolute Gasteiger partial charge is 0.299 e. The van der Waals surface area contributed by atoms with E-state index in [0.29, 0.717) is 24.4 Å². The fraction of sp³-hybridized carbons (Fsp3) is 0.867. The zero-order valence-electron chi connectivity index (χ0n) is 21.7. The lowest BCUT2D eigenvalue weighted by molar-refractivity contribution is -0.136. The van der Waals surface area contributed by atoms with Crippen molar-refractivity contribution in [2.75, 3.05) is 0 Å². The Labute approximate surface area is 199 Å². The average Bonchev–Trinajstić information content (AvgIpc) is 3.01. The van der Waals surface area contributed by atoms with Crippen molar-refractivity contribution < 1.29 is 9.59 Å². The molecule has 0 unspecified atom stereocenters. The van der Waals surface area contributed by atoms with E-state index in [1.54, 1.807) is 0 Å². The lowest BCUT2D eigenvalue weighted by Crippen LogP contribution is -2.42. The molecule has 0 aromatic carbocycles. The Bertz CT molecular complexity index is 588. The zero-order chi connectivity index (χ0) is 23.3. The first kappa shape index (κ1) is 27.3. The first-order valence-corrected chi connectivity index (χ1v) is 14.1. The number of carbonyl (C=O) groups is 2. The number of hydrogen-bond donors (Lipinski definition) is 0. The standard InChI is InChI=1S/C30H52O2/c1-29(2)26-24-25-30(29,3)28(32)23-21-19-17-15-13-11-9-7-5-4-6-8-10-12-14-16-18-20-22-27(26)31/h4-5,26H,6-25H2,1-3H3/b5-4+/t26-,30+/m1/s1. The van der Waals surface area contributed by atoms with Crippen LogP contribution in [0, 0.1) is 16.7 Å². The van der Waals surface area contributed by atoms with Crippen LogP contribution in [-0.4, -0.2) is 11.6 Å². The van der Waals surface area contributed by atoms with Gasteiger partial charge in [0.05, 0.1) is 0 Å². The predicted molar refractivity (Wildman–Crippen MR) is 137 cm³/mol. The lowest BCUT2D eigenvalue weighted by Gasteiger charge is -2.40. The number of ketones is 2. The van der Waals surface area contributed by atoms with Crippen LogP contribution in [0.25, 0.3) is 0 Å².